The number of carbonyl (C=O) groups is 1. The van der Waals surface area contributed by atoms with Gasteiger partial charge >= 0.3 is 0 Å². The molecule has 0 spiro atoms. The molecule has 0 saturated carbocycles. The largest absolute Gasteiger partial charge is 0.545 e. The van der Waals surface area contributed by atoms with Crippen LogP contribution in [0.25, 0.3) is 11.1 Å². The monoisotopic (exact) mass is 445 g/mol. The summed E-state index contributed by atoms with van der Waals surface area (Å²) in [5.41, 5.74) is 4.43. The maximum Gasteiger partial charge on any atom is 0.145 e. The Labute approximate surface area is 190 Å². The van der Waals surface area contributed by atoms with E-state index in [2.05, 4.69) is 33.8 Å². The van der Waals surface area contributed by atoms with Crippen LogP contribution in [0.5, 0.6) is 5.75 Å². The summed E-state index contributed by atoms with van der Waals surface area (Å²) in [6.45, 7) is 14.1. The minimum absolute atomic E-state index is 0.169. The highest BCUT2D eigenvalue weighted by molar-refractivity contribution is 6.33. The van der Waals surface area contributed by atoms with Crippen molar-refractivity contribution in [3.05, 3.63) is 63.5 Å². The summed E-state index contributed by atoms with van der Waals surface area (Å²) in [5, 5.41) is 11.2. The number of rotatable bonds is 7. The molecule has 0 fully saturated rings. The number of aliphatic carboxylic acids is 1. The van der Waals surface area contributed by atoms with Gasteiger partial charge in [-0.25, -0.2) is 4.39 Å². The third-order valence-corrected chi connectivity index (χ3v) is 5.91. The van der Waals surface area contributed by atoms with Crippen LogP contribution in [0.15, 0.2) is 41.8 Å². The minimum Gasteiger partial charge on any atom is -0.545 e. The van der Waals surface area contributed by atoms with Gasteiger partial charge in [-0.15, -0.1) is 0 Å². The first-order valence-corrected chi connectivity index (χ1v) is 10.9. The van der Waals surface area contributed by atoms with Crippen molar-refractivity contribution in [1.82, 2.24) is 0 Å². The molecule has 168 valence electrons. The van der Waals surface area contributed by atoms with E-state index in [0.717, 1.165) is 23.6 Å². The Hall–Kier alpha value is -2.33. The number of carbonyl (C=O) groups excluding carboxylic acids is 1. The molecule has 0 bridgehead atoms. The number of ether oxygens (including phenoxy) is 1. The van der Waals surface area contributed by atoms with Crippen LogP contribution in [0, 0.1) is 5.92 Å². The predicted octanol–water partition coefficient (Wildman–Crippen LogP) is 6.41. The Morgan fingerprint density at radius 2 is 1.97 bits per heavy atom. The zero-order valence-electron chi connectivity index (χ0n) is 19.4. The van der Waals surface area contributed by atoms with Crippen LogP contribution < -0.4 is 9.84 Å². The highest BCUT2D eigenvalue weighted by Gasteiger charge is 2.34. The van der Waals surface area contributed by atoms with Crippen LogP contribution >= 0.6 is 11.6 Å². The van der Waals surface area contributed by atoms with Crippen LogP contribution in [-0.4, -0.2) is 12.6 Å². The molecular formula is C26H31ClFO3-. The first-order valence-electron chi connectivity index (χ1n) is 10.5. The predicted molar refractivity (Wildman–Crippen MR) is 125 cm³/mol. The molecule has 1 aliphatic carbocycles. The van der Waals surface area contributed by atoms with E-state index in [1.54, 1.807) is 13.8 Å². The van der Waals surface area contributed by atoms with Crippen LogP contribution in [0.1, 0.15) is 71.6 Å². The van der Waals surface area contributed by atoms with Crippen molar-refractivity contribution in [2.45, 2.75) is 60.3 Å². The second-order valence-electron chi connectivity index (χ2n) is 8.84. The number of fused-ring (bicyclic) bond motifs is 1. The number of hydrogen-bond donors (Lipinski definition) is 0. The van der Waals surface area contributed by atoms with Gasteiger partial charge < -0.3 is 14.6 Å². The second-order valence-corrected chi connectivity index (χ2v) is 9.22. The molecule has 0 aliphatic heterocycles. The Balaban J connectivity index is 2.74. The molecule has 1 aromatic rings. The fourth-order valence-electron chi connectivity index (χ4n) is 3.90. The van der Waals surface area contributed by atoms with Gasteiger partial charge in [-0.1, -0.05) is 51.4 Å². The summed E-state index contributed by atoms with van der Waals surface area (Å²) in [7, 11) is 0. The second kappa shape index (κ2) is 9.86. The maximum absolute atomic E-state index is 15.1. The van der Waals surface area contributed by atoms with Crippen molar-refractivity contribution in [2.75, 3.05) is 6.61 Å². The molecule has 0 unspecified atom stereocenters. The summed E-state index contributed by atoms with van der Waals surface area (Å²) in [6, 6.07) is 1.98. The van der Waals surface area contributed by atoms with E-state index in [1.165, 1.54) is 17.7 Å². The van der Waals surface area contributed by atoms with E-state index in [4.69, 9.17) is 16.3 Å². The van der Waals surface area contributed by atoms with Crippen molar-refractivity contribution in [2.24, 2.45) is 5.92 Å². The van der Waals surface area contributed by atoms with Gasteiger partial charge in [-0.3, -0.25) is 0 Å². The van der Waals surface area contributed by atoms with Crippen molar-refractivity contribution >= 4 is 28.7 Å². The Morgan fingerprint density at radius 1 is 1.32 bits per heavy atom. The summed E-state index contributed by atoms with van der Waals surface area (Å²) in [4.78, 5) is 10.7. The topological polar surface area (TPSA) is 49.4 Å². The smallest absolute Gasteiger partial charge is 0.145 e. The van der Waals surface area contributed by atoms with Crippen molar-refractivity contribution in [3.63, 3.8) is 0 Å². The molecule has 1 aromatic carbocycles. The van der Waals surface area contributed by atoms with Gasteiger partial charge in [-0.2, -0.15) is 0 Å². The van der Waals surface area contributed by atoms with Crippen molar-refractivity contribution < 1.29 is 19.0 Å². The molecule has 0 N–H and O–H groups in total. The van der Waals surface area contributed by atoms with Crippen LogP contribution in [0.2, 0.25) is 5.02 Å². The van der Waals surface area contributed by atoms with Crippen LogP contribution in [-0.2, 0) is 10.2 Å². The van der Waals surface area contributed by atoms with Crippen molar-refractivity contribution in [1.29, 1.82) is 0 Å². The quantitative estimate of drug-likeness (QED) is 0.359. The maximum atomic E-state index is 15.1. The Bertz CT molecular complexity index is 994. The third-order valence-electron chi connectivity index (χ3n) is 5.55. The van der Waals surface area contributed by atoms with E-state index < -0.39 is 11.8 Å². The number of carboxylic acid groups (broad SMARTS) is 1. The van der Waals surface area contributed by atoms with E-state index in [-0.39, 0.29) is 5.41 Å². The highest BCUT2D eigenvalue weighted by Crippen LogP contribution is 2.50. The third kappa shape index (κ3) is 5.48. The molecule has 5 heteroatoms. The summed E-state index contributed by atoms with van der Waals surface area (Å²) in [5.74, 6) is -1.04. The standard InChI is InChI=1S/C26H32ClFO3/c1-8-31-25-19(17(5)21(28)10-9-16(4)13-22(29)30)14-20-18(15(2)3)11-12-26(6,7)23(20)24(25)27/h9-11,13-15H,8,12H2,1-7H3,(H,29,30)/p-1/b10-9+,16-13+,21-17+. The lowest BCUT2D eigenvalue weighted by molar-refractivity contribution is -0.297. The molecule has 2 rings (SSSR count). The Kier molecular flexibility index (Phi) is 7.93. The summed E-state index contributed by atoms with van der Waals surface area (Å²) in [6.07, 6.45) is 6.68. The van der Waals surface area contributed by atoms with Gasteiger partial charge in [0.1, 0.15) is 11.6 Å². The van der Waals surface area contributed by atoms with E-state index in [1.807, 2.05) is 13.0 Å². The average Bonchev–Trinajstić information content (AvgIpc) is 2.66. The number of carboxylic acids is 1. The molecule has 0 heterocycles. The first-order chi connectivity index (χ1) is 14.4. The number of hydrogen-bond acceptors (Lipinski definition) is 3. The molecule has 0 amide bonds. The number of benzene rings is 1. The van der Waals surface area contributed by atoms with E-state index in [0.29, 0.717) is 40.0 Å². The van der Waals surface area contributed by atoms with Gasteiger partial charge in [0.05, 0.1) is 17.6 Å². The lowest BCUT2D eigenvalue weighted by atomic mass is 9.70. The molecule has 0 radical (unpaired) electrons. The van der Waals surface area contributed by atoms with Crippen molar-refractivity contribution in [3.8, 4) is 5.75 Å². The number of allylic oxidation sites excluding steroid dienone is 7. The van der Waals surface area contributed by atoms with Crippen LogP contribution in [0.3, 0.4) is 0 Å². The minimum atomic E-state index is -1.32. The van der Waals surface area contributed by atoms with Crippen LogP contribution in [0.4, 0.5) is 4.39 Å². The molecular weight excluding hydrogens is 415 g/mol. The molecule has 3 nitrogen and oxygen atoms in total. The normalized spacial score (nSPS) is 16.8. The average molecular weight is 446 g/mol. The van der Waals surface area contributed by atoms with Gasteiger partial charge in [0.25, 0.3) is 0 Å². The zero-order valence-corrected chi connectivity index (χ0v) is 20.1. The molecule has 1 aliphatic rings. The lowest BCUT2D eigenvalue weighted by Crippen LogP contribution is -2.24. The Morgan fingerprint density at radius 3 is 2.52 bits per heavy atom. The van der Waals surface area contributed by atoms with E-state index in [9.17, 15) is 9.90 Å². The molecule has 31 heavy (non-hydrogen) atoms. The van der Waals surface area contributed by atoms with Gasteiger partial charge in [0.2, 0.25) is 0 Å². The van der Waals surface area contributed by atoms with E-state index >= 15 is 4.39 Å². The fraction of sp³-hybridized carbons (Fsp3) is 0.423. The van der Waals surface area contributed by atoms with Gasteiger partial charge in [0.15, 0.2) is 0 Å². The molecule has 0 saturated heterocycles. The molecule has 0 aromatic heterocycles. The SMILES string of the molecule is CCOc1c(\C(C)=C(F)/C=C/C(C)=C/C(=O)[O-])cc2c(c1Cl)C(C)(C)CC=C2C(C)C. The highest BCUT2D eigenvalue weighted by atomic mass is 35.5. The fourth-order valence-corrected chi connectivity index (χ4v) is 4.42. The van der Waals surface area contributed by atoms with Gasteiger partial charge in [0, 0.05) is 5.56 Å². The van der Waals surface area contributed by atoms with Gasteiger partial charge in [-0.05, 0) is 84.6 Å². The molecule has 0 atom stereocenters. The summed E-state index contributed by atoms with van der Waals surface area (Å²) < 4.78 is 21.0. The zero-order chi connectivity index (χ0) is 23.5. The number of halogens is 2. The first kappa shape index (κ1) is 24.9. The summed E-state index contributed by atoms with van der Waals surface area (Å²) >= 11 is 6.90. The lowest BCUT2D eigenvalue weighted by Gasteiger charge is -2.35.